The summed E-state index contributed by atoms with van der Waals surface area (Å²) in [6.45, 7) is 1.98. The third kappa shape index (κ3) is 2.38. The molecular formula is C13H10O3. The molecule has 2 saturated heterocycles. The van der Waals surface area contributed by atoms with Crippen molar-refractivity contribution in [2.45, 2.75) is 25.2 Å². The van der Waals surface area contributed by atoms with Gasteiger partial charge in [-0.1, -0.05) is 11.8 Å². The fourth-order valence-corrected chi connectivity index (χ4v) is 1.40. The lowest BCUT2D eigenvalue weighted by atomic mass is 10.1. The standard InChI is InChI=1S/C13H10O3/c1-2-3-4-5-6-7-8-11-13-12(16-13)10(14)9-15-11/h8,10,12-14H,9H2,1H3/b11-8+. The van der Waals surface area contributed by atoms with Gasteiger partial charge in [0.15, 0.2) is 0 Å². The SMILES string of the molecule is CC#CC#CC#C/C=C1/OCC(O)C2OC12. The van der Waals surface area contributed by atoms with E-state index in [2.05, 4.69) is 35.5 Å². The van der Waals surface area contributed by atoms with E-state index in [1.165, 1.54) is 0 Å². The molecule has 80 valence electrons. The highest BCUT2D eigenvalue weighted by atomic mass is 16.6. The monoisotopic (exact) mass is 214 g/mol. The topological polar surface area (TPSA) is 42.0 Å². The Morgan fingerprint density at radius 2 is 2.12 bits per heavy atom. The van der Waals surface area contributed by atoms with E-state index in [4.69, 9.17) is 9.47 Å². The number of fused-ring (bicyclic) bond motifs is 1. The second-order valence-electron chi connectivity index (χ2n) is 3.34. The zero-order valence-corrected chi connectivity index (χ0v) is 8.78. The van der Waals surface area contributed by atoms with E-state index in [0.29, 0.717) is 5.76 Å². The second kappa shape index (κ2) is 4.77. The number of aliphatic hydroxyl groups excluding tert-OH is 1. The normalized spacial score (nSPS) is 31.6. The zero-order chi connectivity index (χ0) is 11.4. The molecule has 16 heavy (non-hydrogen) atoms. The highest BCUT2D eigenvalue weighted by Crippen LogP contribution is 2.36. The van der Waals surface area contributed by atoms with Gasteiger partial charge < -0.3 is 14.6 Å². The molecule has 0 bridgehead atoms. The van der Waals surface area contributed by atoms with Crippen LogP contribution in [0.2, 0.25) is 0 Å². The number of aliphatic hydroxyl groups is 1. The first kappa shape index (κ1) is 10.7. The van der Waals surface area contributed by atoms with Crippen LogP contribution < -0.4 is 0 Å². The summed E-state index contributed by atoms with van der Waals surface area (Å²) in [6, 6.07) is 0. The van der Waals surface area contributed by atoms with Crippen LogP contribution in [0.1, 0.15) is 6.92 Å². The van der Waals surface area contributed by atoms with Crippen LogP contribution in [-0.2, 0) is 9.47 Å². The summed E-state index contributed by atoms with van der Waals surface area (Å²) in [4.78, 5) is 0. The van der Waals surface area contributed by atoms with E-state index in [1.54, 1.807) is 13.0 Å². The van der Waals surface area contributed by atoms with E-state index >= 15 is 0 Å². The lowest BCUT2D eigenvalue weighted by Crippen LogP contribution is -2.29. The molecule has 3 atom stereocenters. The maximum absolute atomic E-state index is 9.36. The Morgan fingerprint density at radius 3 is 2.94 bits per heavy atom. The van der Waals surface area contributed by atoms with Crippen LogP contribution in [0, 0.1) is 35.5 Å². The molecule has 0 aromatic rings. The van der Waals surface area contributed by atoms with E-state index in [-0.39, 0.29) is 18.8 Å². The molecular weight excluding hydrogens is 204 g/mol. The van der Waals surface area contributed by atoms with Crippen LogP contribution in [0.4, 0.5) is 0 Å². The Morgan fingerprint density at radius 1 is 1.31 bits per heavy atom. The van der Waals surface area contributed by atoms with Crippen LogP contribution >= 0.6 is 0 Å². The second-order valence-corrected chi connectivity index (χ2v) is 3.34. The van der Waals surface area contributed by atoms with E-state index in [0.717, 1.165) is 0 Å². The van der Waals surface area contributed by atoms with Gasteiger partial charge >= 0.3 is 0 Å². The summed E-state index contributed by atoms with van der Waals surface area (Å²) in [6.07, 6.45) is 0.875. The lowest BCUT2D eigenvalue weighted by Gasteiger charge is -2.15. The molecule has 0 saturated carbocycles. The number of ether oxygens (including phenoxy) is 2. The van der Waals surface area contributed by atoms with E-state index in [1.807, 2.05) is 0 Å². The van der Waals surface area contributed by atoms with Gasteiger partial charge in [-0.25, -0.2) is 0 Å². The highest BCUT2D eigenvalue weighted by Gasteiger charge is 2.51. The third-order valence-corrected chi connectivity index (χ3v) is 2.21. The maximum atomic E-state index is 9.36. The predicted octanol–water partition coefficient (Wildman–Crippen LogP) is 0.0589. The summed E-state index contributed by atoms with van der Waals surface area (Å²) in [7, 11) is 0. The van der Waals surface area contributed by atoms with Gasteiger partial charge in [0.25, 0.3) is 0 Å². The molecule has 2 rings (SSSR count). The minimum Gasteiger partial charge on any atom is -0.492 e. The van der Waals surface area contributed by atoms with E-state index < -0.39 is 6.10 Å². The Labute approximate surface area is 94.4 Å². The molecule has 3 heteroatoms. The number of hydrogen-bond donors (Lipinski definition) is 1. The minimum absolute atomic E-state index is 0.112. The van der Waals surface area contributed by atoms with Crippen molar-refractivity contribution in [3.63, 3.8) is 0 Å². The summed E-state index contributed by atoms with van der Waals surface area (Å²) in [5.41, 5.74) is 0. The van der Waals surface area contributed by atoms with Crippen LogP contribution in [-0.4, -0.2) is 30.0 Å². The van der Waals surface area contributed by atoms with Gasteiger partial charge in [0, 0.05) is 6.08 Å². The summed E-state index contributed by atoms with van der Waals surface area (Å²) in [5, 5.41) is 9.36. The van der Waals surface area contributed by atoms with Crippen molar-refractivity contribution in [2.24, 2.45) is 0 Å². The molecule has 0 spiro atoms. The summed E-state index contributed by atoms with van der Waals surface area (Å²) >= 11 is 0. The number of allylic oxidation sites excluding steroid dienone is 1. The molecule has 3 unspecified atom stereocenters. The Hall–Kier alpha value is -1.86. The summed E-state index contributed by atoms with van der Waals surface area (Å²) in [5.74, 6) is 16.4. The van der Waals surface area contributed by atoms with Crippen LogP contribution in [0.25, 0.3) is 0 Å². The largest absolute Gasteiger partial charge is 0.492 e. The van der Waals surface area contributed by atoms with Gasteiger partial charge in [-0.2, -0.15) is 0 Å². The van der Waals surface area contributed by atoms with Gasteiger partial charge in [-0.3, -0.25) is 0 Å². The van der Waals surface area contributed by atoms with Crippen molar-refractivity contribution < 1.29 is 14.6 Å². The molecule has 2 aliphatic rings. The van der Waals surface area contributed by atoms with Gasteiger partial charge in [0.05, 0.1) is 0 Å². The zero-order valence-electron chi connectivity index (χ0n) is 8.78. The minimum atomic E-state index is -0.519. The average Bonchev–Trinajstić information content (AvgIpc) is 3.07. The van der Waals surface area contributed by atoms with Gasteiger partial charge in [0.1, 0.15) is 30.7 Å². The Kier molecular flexibility index (Phi) is 3.18. The highest BCUT2D eigenvalue weighted by molar-refractivity contribution is 5.38. The van der Waals surface area contributed by atoms with Crippen molar-refractivity contribution in [2.75, 3.05) is 6.61 Å². The first-order valence-electron chi connectivity index (χ1n) is 4.91. The third-order valence-electron chi connectivity index (χ3n) is 2.21. The molecule has 1 N–H and O–H groups in total. The van der Waals surface area contributed by atoms with Crippen molar-refractivity contribution in [3.8, 4) is 35.5 Å². The van der Waals surface area contributed by atoms with Crippen LogP contribution in [0.3, 0.4) is 0 Å². The molecule has 2 fully saturated rings. The number of rotatable bonds is 0. The molecule has 2 aliphatic heterocycles. The van der Waals surface area contributed by atoms with Crippen LogP contribution in [0.15, 0.2) is 11.8 Å². The molecule has 0 aromatic heterocycles. The predicted molar refractivity (Wildman–Crippen MR) is 57.7 cm³/mol. The van der Waals surface area contributed by atoms with Crippen molar-refractivity contribution in [1.29, 1.82) is 0 Å². The smallest absolute Gasteiger partial charge is 0.145 e. The molecule has 0 radical (unpaired) electrons. The molecule has 0 amide bonds. The Balaban J connectivity index is 1.94. The molecule has 3 nitrogen and oxygen atoms in total. The van der Waals surface area contributed by atoms with Crippen molar-refractivity contribution in [3.05, 3.63) is 11.8 Å². The fourth-order valence-electron chi connectivity index (χ4n) is 1.40. The first-order chi connectivity index (χ1) is 7.83. The summed E-state index contributed by atoms with van der Waals surface area (Å²) < 4.78 is 10.5. The maximum Gasteiger partial charge on any atom is 0.145 e. The molecule has 0 aromatic carbocycles. The quantitative estimate of drug-likeness (QED) is 0.458. The van der Waals surface area contributed by atoms with E-state index in [9.17, 15) is 5.11 Å². The van der Waals surface area contributed by atoms with Crippen LogP contribution in [0.5, 0.6) is 0 Å². The first-order valence-corrected chi connectivity index (χ1v) is 4.91. The van der Waals surface area contributed by atoms with Crippen molar-refractivity contribution in [1.82, 2.24) is 0 Å². The molecule has 0 aliphatic carbocycles. The van der Waals surface area contributed by atoms with Gasteiger partial charge in [-0.05, 0) is 30.6 Å². The van der Waals surface area contributed by atoms with Gasteiger partial charge in [-0.15, -0.1) is 0 Å². The molecule has 2 heterocycles. The Bertz CT molecular complexity index is 484. The fraction of sp³-hybridized carbons (Fsp3) is 0.385. The number of epoxide rings is 1. The van der Waals surface area contributed by atoms with Crippen molar-refractivity contribution >= 4 is 0 Å². The van der Waals surface area contributed by atoms with Gasteiger partial charge in [0.2, 0.25) is 0 Å². The average molecular weight is 214 g/mol. The lowest BCUT2D eigenvalue weighted by molar-refractivity contribution is 0.0445. The number of hydrogen-bond acceptors (Lipinski definition) is 3.